The number of aryl methyl sites for hydroxylation is 2. The van der Waals surface area contributed by atoms with Gasteiger partial charge in [0.2, 0.25) is 0 Å². The molecule has 9 nitrogen and oxygen atoms in total. The van der Waals surface area contributed by atoms with Gasteiger partial charge in [-0.3, -0.25) is 8.37 Å². The van der Waals surface area contributed by atoms with E-state index in [0.29, 0.717) is 0 Å². The summed E-state index contributed by atoms with van der Waals surface area (Å²) >= 11 is 0. The van der Waals surface area contributed by atoms with Crippen molar-refractivity contribution in [3.8, 4) is 0 Å². The number of aliphatic hydroxyl groups excluding tert-OH is 1. The summed E-state index contributed by atoms with van der Waals surface area (Å²) in [5.74, 6) is 0. The fraction of sp³-hybridized carbons (Fsp3) is 0.308. The molecule has 0 aliphatic carbocycles. The standard InChI is InChI=1S/C26H28O9S2/c1-18-8-12-21(13-9-18)36(28,29)34-23-17-33-26(32-16-20-6-4-3-5-7-20)25(24(23)27)35-37(30,31)22-14-10-19(2)11-15-22/h3-15,23-27H,16-17H2,1-2H3/t23-,24+,25+,26-/m0/s1. The molecule has 0 amide bonds. The molecular formula is C26H28O9S2. The van der Waals surface area contributed by atoms with Gasteiger partial charge in [0, 0.05) is 0 Å². The molecule has 3 aromatic rings. The van der Waals surface area contributed by atoms with E-state index in [2.05, 4.69) is 0 Å². The number of benzene rings is 3. The van der Waals surface area contributed by atoms with Gasteiger partial charge in [-0.1, -0.05) is 65.7 Å². The van der Waals surface area contributed by atoms with Crippen molar-refractivity contribution >= 4 is 20.2 Å². The van der Waals surface area contributed by atoms with Gasteiger partial charge in [-0.25, -0.2) is 0 Å². The number of rotatable bonds is 9. The minimum absolute atomic E-state index is 0.0376. The molecule has 1 aliphatic rings. The lowest BCUT2D eigenvalue weighted by atomic mass is 10.1. The minimum atomic E-state index is -4.37. The van der Waals surface area contributed by atoms with E-state index in [1.807, 2.05) is 25.1 Å². The highest BCUT2D eigenvalue weighted by Gasteiger charge is 2.46. The highest BCUT2D eigenvalue weighted by Crippen LogP contribution is 2.28. The zero-order valence-electron chi connectivity index (χ0n) is 20.3. The van der Waals surface area contributed by atoms with Gasteiger partial charge in [0.25, 0.3) is 20.2 Å². The smallest absolute Gasteiger partial charge is 0.297 e. The highest BCUT2D eigenvalue weighted by atomic mass is 32.2. The summed E-state index contributed by atoms with van der Waals surface area (Å²) in [5.41, 5.74) is 2.48. The first-order valence-electron chi connectivity index (χ1n) is 11.5. The molecule has 0 bridgehead atoms. The SMILES string of the molecule is Cc1ccc(S(=O)(=O)O[C@H]2[C@@H](OCc3ccccc3)OC[C@H](OS(=O)(=O)c3ccc(C)cc3)[C@H]2O)cc1. The van der Waals surface area contributed by atoms with E-state index in [1.54, 1.807) is 43.3 Å². The maximum Gasteiger partial charge on any atom is 0.297 e. The van der Waals surface area contributed by atoms with Crippen LogP contribution in [0.2, 0.25) is 0 Å². The molecule has 37 heavy (non-hydrogen) atoms. The molecule has 0 radical (unpaired) electrons. The Kier molecular flexibility index (Phi) is 8.44. The minimum Gasteiger partial charge on any atom is -0.387 e. The summed E-state index contributed by atoms with van der Waals surface area (Å²) in [6.45, 7) is 3.27. The Morgan fingerprint density at radius 1 is 0.784 bits per heavy atom. The first-order valence-corrected chi connectivity index (χ1v) is 14.3. The van der Waals surface area contributed by atoms with Gasteiger partial charge >= 0.3 is 0 Å². The van der Waals surface area contributed by atoms with Gasteiger partial charge in [0.1, 0.15) is 12.2 Å². The van der Waals surface area contributed by atoms with Crippen LogP contribution in [-0.4, -0.2) is 53.2 Å². The van der Waals surface area contributed by atoms with Crippen molar-refractivity contribution in [2.24, 2.45) is 0 Å². The van der Waals surface area contributed by atoms with E-state index < -0.39 is 44.8 Å². The van der Waals surface area contributed by atoms with Crippen molar-refractivity contribution in [1.82, 2.24) is 0 Å². The third kappa shape index (κ3) is 6.82. The lowest BCUT2D eigenvalue weighted by Crippen LogP contribution is -2.56. The second kappa shape index (κ2) is 11.4. The predicted octanol–water partition coefficient (Wildman–Crippen LogP) is 3.09. The molecule has 4 rings (SSSR count). The van der Waals surface area contributed by atoms with Crippen LogP contribution in [0.25, 0.3) is 0 Å². The Morgan fingerprint density at radius 2 is 1.30 bits per heavy atom. The molecule has 198 valence electrons. The Hall–Kier alpha value is -2.64. The van der Waals surface area contributed by atoms with Crippen molar-refractivity contribution in [3.05, 3.63) is 95.6 Å². The quantitative estimate of drug-likeness (QED) is 0.402. The van der Waals surface area contributed by atoms with Crippen LogP contribution >= 0.6 is 0 Å². The number of hydrogen-bond donors (Lipinski definition) is 1. The lowest BCUT2D eigenvalue weighted by Gasteiger charge is -2.38. The van der Waals surface area contributed by atoms with Crippen LogP contribution in [0.15, 0.2) is 88.7 Å². The molecule has 1 fully saturated rings. The van der Waals surface area contributed by atoms with E-state index >= 15 is 0 Å². The van der Waals surface area contributed by atoms with Crippen LogP contribution in [0.5, 0.6) is 0 Å². The summed E-state index contributed by atoms with van der Waals surface area (Å²) in [4.78, 5) is -0.250. The van der Waals surface area contributed by atoms with Crippen molar-refractivity contribution in [3.63, 3.8) is 0 Å². The van der Waals surface area contributed by atoms with Crippen LogP contribution in [0.4, 0.5) is 0 Å². The second-order valence-electron chi connectivity index (χ2n) is 8.72. The zero-order chi connectivity index (χ0) is 26.6. The molecule has 4 atom stereocenters. The topological polar surface area (TPSA) is 125 Å². The molecular weight excluding hydrogens is 520 g/mol. The Labute approximate surface area is 216 Å². The summed E-state index contributed by atoms with van der Waals surface area (Å²) in [7, 11) is -8.67. The fourth-order valence-electron chi connectivity index (χ4n) is 3.67. The highest BCUT2D eigenvalue weighted by molar-refractivity contribution is 7.87. The number of hydrogen-bond acceptors (Lipinski definition) is 9. The largest absolute Gasteiger partial charge is 0.387 e. The number of ether oxygens (including phenoxy) is 2. The second-order valence-corrected chi connectivity index (χ2v) is 11.9. The Balaban J connectivity index is 1.57. The average Bonchev–Trinajstić information content (AvgIpc) is 2.87. The summed E-state index contributed by atoms with van der Waals surface area (Å²) in [5, 5.41) is 11.1. The molecule has 1 saturated heterocycles. The van der Waals surface area contributed by atoms with Gasteiger partial charge in [-0.15, -0.1) is 0 Å². The molecule has 3 aromatic carbocycles. The van der Waals surface area contributed by atoms with Crippen LogP contribution in [0.3, 0.4) is 0 Å². The Morgan fingerprint density at radius 3 is 1.84 bits per heavy atom. The van der Waals surface area contributed by atoms with Gasteiger partial charge in [-0.2, -0.15) is 16.8 Å². The van der Waals surface area contributed by atoms with Crippen molar-refractivity contribution in [2.45, 2.75) is 54.8 Å². The van der Waals surface area contributed by atoms with Gasteiger partial charge < -0.3 is 14.6 Å². The molecule has 0 spiro atoms. The van der Waals surface area contributed by atoms with E-state index in [1.165, 1.54) is 24.3 Å². The van der Waals surface area contributed by atoms with Gasteiger partial charge in [0.05, 0.1) is 23.0 Å². The molecule has 0 unspecified atom stereocenters. The molecule has 1 N–H and O–H groups in total. The summed E-state index contributed by atoms with van der Waals surface area (Å²) in [6, 6.07) is 21.0. The third-order valence-electron chi connectivity index (χ3n) is 5.77. The van der Waals surface area contributed by atoms with Crippen molar-refractivity contribution < 1.29 is 39.8 Å². The Bertz CT molecular complexity index is 1390. The van der Waals surface area contributed by atoms with Crippen LogP contribution < -0.4 is 0 Å². The maximum absolute atomic E-state index is 13.0. The van der Waals surface area contributed by atoms with Crippen LogP contribution in [0.1, 0.15) is 16.7 Å². The number of aliphatic hydroxyl groups is 1. The normalized spacial score (nSPS) is 22.6. The monoisotopic (exact) mass is 548 g/mol. The van der Waals surface area contributed by atoms with E-state index in [9.17, 15) is 21.9 Å². The van der Waals surface area contributed by atoms with Crippen molar-refractivity contribution in [1.29, 1.82) is 0 Å². The molecule has 11 heteroatoms. The summed E-state index contributed by atoms with van der Waals surface area (Å²) in [6.07, 6.45) is -6.09. The zero-order valence-corrected chi connectivity index (χ0v) is 21.9. The van der Waals surface area contributed by atoms with Gasteiger partial charge in [-0.05, 0) is 43.7 Å². The van der Waals surface area contributed by atoms with Gasteiger partial charge in [0.15, 0.2) is 12.4 Å². The van der Waals surface area contributed by atoms with E-state index in [0.717, 1.165) is 16.7 Å². The molecule has 0 saturated carbocycles. The van der Waals surface area contributed by atoms with E-state index in [4.69, 9.17) is 17.8 Å². The molecule has 1 aliphatic heterocycles. The predicted molar refractivity (Wildman–Crippen MR) is 133 cm³/mol. The fourth-order valence-corrected chi connectivity index (χ4v) is 5.82. The first kappa shape index (κ1) is 27.4. The lowest BCUT2D eigenvalue weighted by molar-refractivity contribution is -0.262. The maximum atomic E-state index is 13.0. The molecule has 0 aromatic heterocycles. The van der Waals surface area contributed by atoms with Crippen LogP contribution in [-0.2, 0) is 44.7 Å². The molecule has 1 heterocycles. The van der Waals surface area contributed by atoms with Crippen molar-refractivity contribution in [2.75, 3.05) is 6.61 Å². The van der Waals surface area contributed by atoms with Crippen LogP contribution in [0, 0.1) is 13.8 Å². The summed E-state index contributed by atoms with van der Waals surface area (Å²) < 4.78 is 73.7. The average molecular weight is 549 g/mol. The first-order chi connectivity index (χ1) is 17.5. The van der Waals surface area contributed by atoms with E-state index in [-0.39, 0.29) is 23.0 Å². The third-order valence-corrected chi connectivity index (χ3v) is 8.45.